The van der Waals surface area contributed by atoms with Crippen LogP contribution in [0.5, 0.6) is 17.2 Å². The molecule has 2 aromatic carbocycles. The summed E-state index contributed by atoms with van der Waals surface area (Å²) in [5, 5.41) is 17.6. The summed E-state index contributed by atoms with van der Waals surface area (Å²) in [5.41, 5.74) is 6.41. The van der Waals surface area contributed by atoms with E-state index >= 15 is 0 Å². The fourth-order valence-electron chi connectivity index (χ4n) is 2.34. The molecule has 0 aromatic heterocycles. The van der Waals surface area contributed by atoms with Crippen LogP contribution in [0.15, 0.2) is 24.3 Å². The van der Waals surface area contributed by atoms with Crippen molar-refractivity contribution < 1.29 is 38.8 Å². The Morgan fingerprint density at radius 2 is 1.41 bits per heavy atom. The van der Waals surface area contributed by atoms with E-state index in [-0.39, 0.29) is 6.42 Å². The molecule has 0 aliphatic rings. The summed E-state index contributed by atoms with van der Waals surface area (Å²) in [4.78, 5) is 33.3. The average Bonchev–Trinajstić information content (AvgIpc) is 2.67. The summed E-state index contributed by atoms with van der Waals surface area (Å²) in [6.07, 6.45) is 0.202. The van der Waals surface area contributed by atoms with Gasteiger partial charge in [-0.05, 0) is 127 Å². The molecule has 2 rings (SSSR count). The number of halogens is 4. The Bertz CT molecular complexity index is 1000. The highest BCUT2D eigenvalue weighted by Gasteiger charge is 2.18. The third-order valence-corrected chi connectivity index (χ3v) is 6.89. The average molecular weight is 893 g/mol. The van der Waals surface area contributed by atoms with E-state index in [1.807, 2.05) is 57.3 Å². The van der Waals surface area contributed by atoms with Crippen molar-refractivity contribution in [1.82, 2.24) is 0 Å². The fourth-order valence-corrected chi connectivity index (χ4v) is 6.39. The molecule has 0 saturated carbocycles. The zero-order valence-corrected chi connectivity index (χ0v) is 24.6. The summed E-state index contributed by atoms with van der Waals surface area (Å²) in [6, 6.07) is 6.06. The molecule has 0 saturated heterocycles. The van der Waals surface area contributed by atoms with Crippen LogP contribution in [0.1, 0.15) is 5.56 Å². The first-order chi connectivity index (χ1) is 15.0. The highest BCUT2D eigenvalue weighted by molar-refractivity contribution is 14.1. The van der Waals surface area contributed by atoms with Gasteiger partial charge in [-0.2, -0.15) is 0 Å². The van der Waals surface area contributed by atoms with Gasteiger partial charge in [0.15, 0.2) is 11.5 Å². The van der Waals surface area contributed by atoms with Gasteiger partial charge in [0.25, 0.3) is 0 Å². The molecule has 0 radical (unpaired) electrons. The van der Waals surface area contributed by atoms with E-state index in [2.05, 4.69) is 45.2 Å². The fraction of sp³-hybridized carbons (Fsp3) is 0.211. The molecule has 32 heavy (non-hydrogen) atoms. The molecule has 0 spiro atoms. The molecule has 13 heteroatoms. The molecule has 0 bridgehead atoms. The van der Waals surface area contributed by atoms with Gasteiger partial charge >= 0.3 is 17.9 Å². The summed E-state index contributed by atoms with van der Waals surface area (Å²) in [7, 11) is 0. The maximum absolute atomic E-state index is 11.9. The predicted molar refractivity (Wildman–Crippen MR) is 147 cm³/mol. The van der Waals surface area contributed by atoms with E-state index in [9.17, 15) is 14.4 Å². The van der Waals surface area contributed by atoms with E-state index in [4.69, 9.17) is 30.2 Å². The van der Waals surface area contributed by atoms with Gasteiger partial charge in [-0.1, -0.05) is 0 Å². The normalized spacial score (nSPS) is 11.7. The highest BCUT2D eigenvalue weighted by Crippen LogP contribution is 2.37. The number of rotatable bonds is 10. The smallest absolute Gasteiger partial charge is 0.337 e. The first-order valence-electron chi connectivity index (χ1n) is 8.61. The number of aliphatic carboxylic acids is 2. The lowest BCUT2D eigenvalue weighted by molar-refractivity contribution is -0.147. The number of carboxylic acids is 2. The molecule has 4 N–H and O–H groups in total. The van der Waals surface area contributed by atoms with Gasteiger partial charge in [-0.25, -0.2) is 9.59 Å². The van der Waals surface area contributed by atoms with Crippen LogP contribution in [0.4, 0.5) is 0 Å². The first kappa shape index (κ1) is 27.7. The van der Waals surface area contributed by atoms with Gasteiger partial charge in [0.1, 0.15) is 25.0 Å². The van der Waals surface area contributed by atoms with Crippen molar-refractivity contribution in [3.8, 4) is 17.2 Å². The van der Waals surface area contributed by atoms with Gasteiger partial charge in [-0.15, -0.1) is 0 Å². The molecule has 0 unspecified atom stereocenters. The van der Waals surface area contributed by atoms with Crippen LogP contribution in [0.2, 0.25) is 0 Å². The van der Waals surface area contributed by atoms with E-state index < -0.39 is 37.2 Å². The lowest BCUT2D eigenvalue weighted by atomic mass is 10.1. The Labute approximate surface area is 237 Å². The van der Waals surface area contributed by atoms with Crippen LogP contribution in [0.25, 0.3) is 0 Å². The minimum atomic E-state index is -1.18. The Morgan fingerprint density at radius 1 is 0.875 bits per heavy atom. The number of hydrogen-bond donors (Lipinski definition) is 3. The lowest BCUT2D eigenvalue weighted by Crippen LogP contribution is -2.32. The van der Waals surface area contributed by atoms with Crippen molar-refractivity contribution >= 4 is 108 Å². The zero-order chi connectivity index (χ0) is 24.0. The molecule has 1 atom stereocenters. The Hall–Kier alpha value is -0.510. The second-order valence-corrected chi connectivity index (χ2v) is 10.9. The van der Waals surface area contributed by atoms with E-state index in [0.717, 1.165) is 12.7 Å². The second kappa shape index (κ2) is 12.8. The first-order valence-corrected chi connectivity index (χ1v) is 12.9. The minimum Gasteiger partial charge on any atom is -0.480 e. The number of carbonyl (C=O) groups excluding carboxylic acids is 1. The standard InChI is InChI=1S/C19H15I4NO8/c20-10-1-8(3-14(24)19(28)29)2-11(21)17(10)31-9-4-12(22)18(13(23)5-9)32-16(27)7-30-6-15(25)26/h1-2,4-5,14H,3,6-7,24H2,(H,25,26)(H,28,29)/t14-/m0/s1. The molecule has 9 nitrogen and oxygen atoms in total. The third kappa shape index (κ3) is 8.37. The van der Waals surface area contributed by atoms with Crippen LogP contribution < -0.4 is 15.2 Å². The second-order valence-electron chi connectivity index (χ2n) is 6.22. The molecule has 0 heterocycles. The number of ether oxygens (including phenoxy) is 3. The molecule has 2 aromatic rings. The lowest BCUT2D eigenvalue weighted by Gasteiger charge is -2.15. The summed E-state index contributed by atoms with van der Waals surface area (Å²) < 4.78 is 18.9. The number of benzene rings is 2. The minimum absolute atomic E-state index is 0.202. The predicted octanol–water partition coefficient (Wildman–Crippen LogP) is 3.86. The monoisotopic (exact) mass is 893 g/mol. The molecule has 0 fully saturated rings. The van der Waals surface area contributed by atoms with Crippen LogP contribution in [-0.2, 0) is 25.5 Å². The Morgan fingerprint density at radius 3 is 1.91 bits per heavy atom. The zero-order valence-electron chi connectivity index (χ0n) is 15.9. The quantitative estimate of drug-likeness (QED) is 0.184. The van der Waals surface area contributed by atoms with Gasteiger partial charge in [0.2, 0.25) is 0 Å². The third-order valence-electron chi connectivity index (χ3n) is 3.68. The van der Waals surface area contributed by atoms with Crippen molar-refractivity contribution in [1.29, 1.82) is 0 Å². The largest absolute Gasteiger partial charge is 0.480 e. The summed E-state index contributed by atoms with van der Waals surface area (Å²) >= 11 is 8.24. The van der Waals surface area contributed by atoms with Crippen molar-refractivity contribution in [3.05, 3.63) is 44.1 Å². The van der Waals surface area contributed by atoms with Gasteiger partial charge in [0, 0.05) is 0 Å². The SMILES string of the molecule is N[C@@H](Cc1cc(I)c(Oc2cc(I)c(OC(=O)COCC(=O)O)c(I)c2)c(I)c1)C(=O)O. The van der Waals surface area contributed by atoms with Crippen LogP contribution in [0, 0.1) is 14.3 Å². The molecular weight excluding hydrogens is 878 g/mol. The maximum atomic E-state index is 11.9. The Kier molecular flexibility index (Phi) is 11.1. The van der Waals surface area contributed by atoms with Crippen LogP contribution in [0.3, 0.4) is 0 Å². The van der Waals surface area contributed by atoms with Gasteiger partial charge in [0.05, 0.1) is 14.3 Å². The van der Waals surface area contributed by atoms with Crippen molar-refractivity contribution in [2.45, 2.75) is 12.5 Å². The van der Waals surface area contributed by atoms with Crippen molar-refractivity contribution in [2.24, 2.45) is 5.73 Å². The molecule has 0 aliphatic carbocycles. The maximum Gasteiger partial charge on any atom is 0.337 e. The van der Waals surface area contributed by atoms with E-state index in [1.54, 1.807) is 12.1 Å². The van der Waals surface area contributed by atoms with E-state index in [0.29, 0.717) is 24.4 Å². The van der Waals surface area contributed by atoms with Crippen LogP contribution >= 0.6 is 90.4 Å². The van der Waals surface area contributed by atoms with Crippen molar-refractivity contribution in [3.63, 3.8) is 0 Å². The highest BCUT2D eigenvalue weighted by atomic mass is 127. The Balaban J connectivity index is 2.16. The molecular formula is C19H15I4NO8. The summed E-state index contributed by atoms with van der Waals surface area (Å²) in [5.74, 6) is -1.50. The van der Waals surface area contributed by atoms with Gasteiger partial charge < -0.3 is 30.2 Å². The van der Waals surface area contributed by atoms with E-state index in [1.165, 1.54) is 0 Å². The summed E-state index contributed by atoms with van der Waals surface area (Å²) in [6.45, 7) is -1.07. The molecule has 172 valence electrons. The number of carbonyl (C=O) groups is 3. The topological polar surface area (TPSA) is 145 Å². The van der Waals surface area contributed by atoms with Crippen LogP contribution in [-0.4, -0.2) is 47.4 Å². The van der Waals surface area contributed by atoms with Gasteiger partial charge in [-0.3, -0.25) is 4.79 Å². The number of nitrogens with two attached hydrogens (primary N) is 1. The molecule has 0 amide bonds. The van der Waals surface area contributed by atoms with Crippen molar-refractivity contribution in [2.75, 3.05) is 13.2 Å². The number of hydrogen-bond acceptors (Lipinski definition) is 7. The molecule has 0 aliphatic heterocycles. The number of esters is 1. The number of carboxylic acid groups (broad SMARTS) is 2.